The predicted molar refractivity (Wildman–Crippen MR) is 111 cm³/mol. The normalized spacial score (nSPS) is 12.3. The number of ether oxygens (including phenoxy) is 2. The second kappa shape index (κ2) is 11.5. The Hall–Kier alpha value is -3.07. The molecule has 1 atom stereocenters. The van der Waals surface area contributed by atoms with Crippen LogP contribution in [-0.2, 0) is 33.5 Å². The van der Waals surface area contributed by atoms with E-state index in [1.807, 2.05) is 0 Å². The molecule has 1 amide bonds. The number of aliphatic carboxylic acids is 1. The van der Waals surface area contributed by atoms with E-state index in [2.05, 4.69) is 0 Å². The number of rotatable bonds is 11. The van der Waals surface area contributed by atoms with Crippen molar-refractivity contribution >= 4 is 11.9 Å². The highest BCUT2D eigenvalue weighted by Gasteiger charge is 2.30. The zero-order valence-corrected chi connectivity index (χ0v) is 17.9. The number of carbonyl (C=O) groups excluding carboxylic acids is 1. The van der Waals surface area contributed by atoms with Crippen LogP contribution in [0, 0.1) is 0 Å². The number of carboxylic acid groups (broad SMARTS) is 1. The number of likely N-dealkylation sites (N-methyl/N-ethyl adjacent to an activating group) is 1. The van der Waals surface area contributed by atoms with Crippen molar-refractivity contribution in [3.8, 4) is 5.75 Å². The van der Waals surface area contributed by atoms with E-state index in [9.17, 15) is 22.8 Å². The zero-order chi connectivity index (χ0) is 23.7. The van der Waals surface area contributed by atoms with Gasteiger partial charge in [0.15, 0.2) is 12.7 Å². The van der Waals surface area contributed by atoms with Crippen molar-refractivity contribution < 1.29 is 37.3 Å². The maximum Gasteiger partial charge on any atom is 0.416 e. The summed E-state index contributed by atoms with van der Waals surface area (Å²) in [5.41, 5.74) is 0.597. The molecule has 2 aromatic carbocycles. The lowest BCUT2D eigenvalue weighted by Gasteiger charge is -2.21. The summed E-state index contributed by atoms with van der Waals surface area (Å²) in [5, 5.41) is 9.15. The number of carbonyl (C=O) groups is 2. The molecule has 0 bridgehead atoms. The van der Waals surface area contributed by atoms with Crippen LogP contribution in [0.1, 0.15) is 30.5 Å². The smallest absolute Gasteiger partial charge is 0.416 e. The highest BCUT2D eigenvalue weighted by atomic mass is 19.4. The molecule has 0 heterocycles. The maximum atomic E-state index is 12.7. The molecule has 0 aliphatic heterocycles. The monoisotopic (exact) mass is 453 g/mol. The number of amides is 1. The van der Waals surface area contributed by atoms with Gasteiger partial charge in [0.05, 0.1) is 5.56 Å². The number of hydrogen-bond acceptors (Lipinski definition) is 4. The molecule has 2 rings (SSSR count). The molecule has 174 valence electrons. The summed E-state index contributed by atoms with van der Waals surface area (Å²) in [6.45, 7) is 4.10. The van der Waals surface area contributed by atoms with Crippen molar-refractivity contribution in [2.24, 2.45) is 0 Å². The maximum absolute atomic E-state index is 12.7. The molecule has 9 heteroatoms. The first-order valence-corrected chi connectivity index (χ1v) is 10.1. The van der Waals surface area contributed by atoms with Crippen LogP contribution < -0.4 is 4.74 Å². The number of carboxylic acids is 1. The molecule has 0 radical (unpaired) electrons. The van der Waals surface area contributed by atoms with E-state index in [1.165, 1.54) is 17.0 Å². The lowest BCUT2D eigenvalue weighted by atomic mass is 10.1. The average molecular weight is 453 g/mol. The summed E-state index contributed by atoms with van der Waals surface area (Å²) in [5.74, 6) is -0.903. The molecule has 0 aromatic heterocycles. The molecule has 0 aliphatic rings. The van der Waals surface area contributed by atoms with Crippen LogP contribution in [0.15, 0.2) is 48.5 Å². The average Bonchev–Trinajstić information content (AvgIpc) is 2.76. The SMILES string of the molecule is CCO[C@@H](Cc1ccc(OCC(=O)N(CC)Cc2ccc(C(F)(F)F)cc2)cc1)C(=O)O. The fourth-order valence-corrected chi connectivity index (χ4v) is 2.99. The van der Waals surface area contributed by atoms with Gasteiger partial charge in [-0.25, -0.2) is 4.79 Å². The quantitative estimate of drug-likeness (QED) is 0.553. The highest BCUT2D eigenvalue weighted by Crippen LogP contribution is 2.29. The third kappa shape index (κ3) is 7.56. The summed E-state index contributed by atoms with van der Waals surface area (Å²) in [6.07, 6.45) is -5.13. The van der Waals surface area contributed by atoms with Crippen molar-refractivity contribution in [3.05, 3.63) is 65.2 Å². The van der Waals surface area contributed by atoms with Gasteiger partial charge in [0.1, 0.15) is 5.75 Å². The van der Waals surface area contributed by atoms with E-state index in [0.29, 0.717) is 24.5 Å². The fraction of sp³-hybridized carbons (Fsp3) is 0.391. The predicted octanol–water partition coefficient (Wildman–Crippen LogP) is 4.17. The van der Waals surface area contributed by atoms with Crippen LogP contribution in [-0.4, -0.2) is 47.7 Å². The summed E-state index contributed by atoms with van der Waals surface area (Å²) in [4.78, 5) is 25.1. The van der Waals surface area contributed by atoms with Crippen LogP contribution in [0.5, 0.6) is 5.75 Å². The van der Waals surface area contributed by atoms with Gasteiger partial charge in [-0.2, -0.15) is 13.2 Å². The second-order valence-corrected chi connectivity index (χ2v) is 7.02. The molecular weight excluding hydrogens is 427 g/mol. The van der Waals surface area contributed by atoms with Gasteiger partial charge in [0, 0.05) is 26.1 Å². The Bertz CT molecular complexity index is 882. The minimum absolute atomic E-state index is 0.170. The third-order valence-electron chi connectivity index (χ3n) is 4.74. The topological polar surface area (TPSA) is 76.1 Å². The van der Waals surface area contributed by atoms with Crippen LogP contribution in [0.3, 0.4) is 0 Å². The minimum Gasteiger partial charge on any atom is -0.484 e. The molecular formula is C23H26F3NO5. The van der Waals surface area contributed by atoms with Gasteiger partial charge < -0.3 is 19.5 Å². The molecule has 6 nitrogen and oxygen atoms in total. The van der Waals surface area contributed by atoms with Crippen molar-refractivity contribution in [3.63, 3.8) is 0 Å². The lowest BCUT2D eigenvalue weighted by Crippen LogP contribution is -2.34. The van der Waals surface area contributed by atoms with Crippen molar-refractivity contribution in [1.29, 1.82) is 0 Å². The molecule has 0 unspecified atom stereocenters. The second-order valence-electron chi connectivity index (χ2n) is 7.02. The molecule has 0 spiro atoms. The highest BCUT2D eigenvalue weighted by molar-refractivity contribution is 5.77. The lowest BCUT2D eigenvalue weighted by molar-refractivity contribution is -0.150. The van der Waals surface area contributed by atoms with E-state index in [4.69, 9.17) is 14.6 Å². The van der Waals surface area contributed by atoms with Gasteiger partial charge in [-0.1, -0.05) is 24.3 Å². The van der Waals surface area contributed by atoms with Crippen LogP contribution in [0.2, 0.25) is 0 Å². The molecule has 0 saturated carbocycles. The van der Waals surface area contributed by atoms with Gasteiger partial charge in [-0.15, -0.1) is 0 Å². The van der Waals surface area contributed by atoms with E-state index in [1.54, 1.807) is 38.1 Å². The first-order valence-electron chi connectivity index (χ1n) is 10.1. The molecule has 1 N–H and O–H groups in total. The van der Waals surface area contributed by atoms with Gasteiger partial charge >= 0.3 is 12.1 Å². The Labute approximate surface area is 184 Å². The molecule has 0 saturated heterocycles. The summed E-state index contributed by atoms with van der Waals surface area (Å²) in [7, 11) is 0. The zero-order valence-electron chi connectivity index (χ0n) is 17.9. The minimum atomic E-state index is -4.40. The fourth-order valence-electron chi connectivity index (χ4n) is 2.99. The third-order valence-corrected chi connectivity index (χ3v) is 4.74. The largest absolute Gasteiger partial charge is 0.484 e. The Morgan fingerprint density at radius 3 is 2.09 bits per heavy atom. The van der Waals surface area contributed by atoms with Gasteiger partial charge in [0.25, 0.3) is 5.91 Å². The van der Waals surface area contributed by atoms with Crippen LogP contribution in [0.4, 0.5) is 13.2 Å². The first kappa shape index (κ1) is 25.2. The first-order chi connectivity index (χ1) is 15.1. The van der Waals surface area contributed by atoms with Crippen LogP contribution in [0.25, 0.3) is 0 Å². The summed E-state index contributed by atoms with van der Waals surface area (Å²) >= 11 is 0. The van der Waals surface area contributed by atoms with E-state index < -0.39 is 23.8 Å². The van der Waals surface area contributed by atoms with Gasteiger partial charge in [0.2, 0.25) is 0 Å². The Kier molecular flexibility index (Phi) is 9.07. The molecule has 0 aliphatic carbocycles. The van der Waals surface area contributed by atoms with E-state index in [-0.39, 0.29) is 25.5 Å². The van der Waals surface area contributed by atoms with Crippen molar-refractivity contribution in [2.75, 3.05) is 19.8 Å². The number of benzene rings is 2. The van der Waals surface area contributed by atoms with Gasteiger partial charge in [-0.05, 0) is 49.2 Å². The standard InChI is InChI=1S/C23H26F3NO5/c1-3-27(14-17-5-9-18(10-6-17)23(24,25)26)21(28)15-32-19-11-7-16(8-12-19)13-20(22(29)30)31-4-2/h5-12,20H,3-4,13-15H2,1-2H3,(H,29,30)/t20-/m0/s1. The Morgan fingerprint density at radius 2 is 1.59 bits per heavy atom. The Morgan fingerprint density at radius 1 is 1.00 bits per heavy atom. The number of halogens is 3. The number of hydrogen-bond donors (Lipinski definition) is 1. The van der Waals surface area contributed by atoms with E-state index >= 15 is 0 Å². The molecule has 2 aromatic rings. The van der Waals surface area contributed by atoms with Gasteiger partial charge in [-0.3, -0.25) is 4.79 Å². The van der Waals surface area contributed by atoms with Crippen LogP contribution >= 0.6 is 0 Å². The summed E-state index contributed by atoms with van der Waals surface area (Å²) < 4.78 is 48.8. The molecule has 32 heavy (non-hydrogen) atoms. The van der Waals surface area contributed by atoms with Crippen molar-refractivity contribution in [1.82, 2.24) is 4.90 Å². The summed E-state index contributed by atoms with van der Waals surface area (Å²) in [6, 6.07) is 11.4. The van der Waals surface area contributed by atoms with Crippen molar-refractivity contribution in [2.45, 2.75) is 39.1 Å². The Balaban J connectivity index is 1.90. The number of alkyl halides is 3. The number of nitrogens with zero attached hydrogens (tertiary/aromatic N) is 1. The molecule has 0 fully saturated rings. The van der Waals surface area contributed by atoms with E-state index in [0.717, 1.165) is 17.7 Å².